The molecule has 0 bridgehead atoms. The summed E-state index contributed by atoms with van der Waals surface area (Å²) in [7, 11) is 0. The lowest BCUT2D eigenvalue weighted by Gasteiger charge is -2.08. The molecule has 0 fully saturated rings. The van der Waals surface area contributed by atoms with E-state index in [2.05, 4.69) is 10.9 Å². The van der Waals surface area contributed by atoms with Gasteiger partial charge in [0.25, 0.3) is 0 Å². The minimum atomic E-state index is 0.266. The number of aromatic nitrogens is 1. The average molecular weight is 190 g/mol. The molecule has 1 aromatic heterocycles. The minimum Gasteiger partial charge on any atom is -0.479 e. The number of aryl methyl sites for hydroxylation is 1. The second kappa shape index (κ2) is 5.25. The fourth-order valence-corrected chi connectivity index (χ4v) is 1.16. The maximum absolute atomic E-state index is 5.47. The highest BCUT2D eigenvalue weighted by molar-refractivity contribution is 5.29. The normalized spacial score (nSPS) is 9.50. The van der Waals surface area contributed by atoms with Crippen LogP contribution in [0.3, 0.4) is 0 Å². The number of hydrogen-bond acceptors (Lipinski definition) is 3. The van der Waals surface area contributed by atoms with Crippen LogP contribution in [-0.2, 0) is 6.42 Å². The van der Waals surface area contributed by atoms with Crippen molar-refractivity contribution in [2.45, 2.75) is 13.3 Å². The quantitative estimate of drug-likeness (QED) is 0.718. The van der Waals surface area contributed by atoms with Gasteiger partial charge in [-0.1, -0.05) is 5.92 Å². The molecule has 1 heterocycles. The Morgan fingerprint density at radius 2 is 2.36 bits per heavy atom. The zero-order valence-corrected chi connectivity index (χ0v) is 8.29. The van der Waals surface area contributed by atoms with Crippen LogP contribution in [0.2, 0.25) is 0 Å². The maximum atomic E-state index is 5.47. The first-order valence-corrected chi connectivity index (χ1v) is 4.50. The van der Waals surface area contributed by atoms with Gasteiger partial charge in [-0.15, -0.1) is 6.42 Å². The first-order valence-electron chi connectivity index (χ1n) is 4.50. The third-order valence-corrected chi connectivity index (χ3v) is 1.76. The molecule has 0 unspecified atom stereocenters. The smallest absolute Gasteiger partial charge is 0.148 e. The molecule has 3 nitrogen and oxygen atoms in total. The largest absolute Gasteiger partial charge is 0.479 e. The summed E-state index contributed by atoms with van der Waals surface area (Å²) >= 11 is 0. The van der Waals surface area contributed by atoms with Gasteiger partial charge in [0, 0.05) is 12.1 Å². The summed E-state index contributed by atoms with van der Waals surface area (Å²) in [5.41, 5.74) is 7.31. The highest BCUT2D eigenvalue weighted by Crippen LogP contribution is 2.16. The molecule has 1 rings (SSSR count). The van der Waals surface area contributed by atoms with Crippen molar-refractivity contribution in [1.82, 2.24) is 4.98 Å². The summed E-state index contributed by atoms with van der Waals surface area (Å²) in [5, 5.41) is 0. The number of rotatable bonds is 4. The molecule has 0 atom stereocenters. The van der Waals surface area contributed by atoms with Crippen molar-refractivity contribution in [2.75, 3.05) is 13.2 Å². The second-order valence-electron chi connectivity index (χ2n) is 2.93. The number of ether oxygens (including phenoxy) is 1. The van der Waals surface area contributed by atoms with E-state index in [4.69, 9.17) is 16.9 Å². The van der Waals surface area contributed by atoms with Crippen LogP contribution >= 0.6 is 0 Å². The Balaban J connectivity index is 2.85. The van der Waals surface area contributed by atoms with Crippen LogP contribution in [0.4, 0.5) is 0 Å². The third kappa shape index (κ3) is 2.75. The van der Waals surface area contributed by atoms with Crippen molar-refractivity contribution in [2.24, 2.45) is 5.73 Å². The summed E-state index contributed by atoms with van der Waals surface area (Å²) in [6.07, 6.45) is 5.82. The van der Waals surface area contributed by atoms with Gasteiger partial charge < -0.3 is 10.5 Å². The molecule has 0 radical (unpaired) electrons. The Kier molecular flexibility index (Phi) is 3.96. The van der Waals surface area contributed by atoms with Crippen LogP contribution in [0.15, 0.2) is 12.1 Å². The van der Waals surface area contributed by atoms with E-state index in [1.54, 1.807) is 0 Å². The molecule has 0 saturated heterocycles. The van der Waals surface area contributed by atoms with Crippen LogP contribution in [0.5, 0.6) is 5.75 Å². The molecule has 74 valence electrons. The molecular formula is C11H14N2O. The molecule has 1 aromatic rings. The van der Waals surface area contributed by atoms with Crippen LogP contribution in [0.25, 0.3) is 0 Å². The van der Waals surface area contributed by atoms with Crippen molar-refractivity contribution in [3.05, 3.63) is 23.5 Å². The lowest BCUT2D eigenvalue weighted by atomic mass is 10.2. The van der Waals surface area contributed by atoms with Gasteiger partial charge in [0.05, 0.1) is 5.69 Å². The van der Waals surface area contributed by atoms with Crippen molar-refractivity contribution >= 4 is 0 Å². The fraction of sp³-hybridized carbons (Fsp3) is 0.364. The van der Waals surface area contributed by atoms with Crippen molar-refractivity contribution in [3.8, 4) is 18.1 Å². The van der Waals surface area contributed by atoms with E-state index >= 15 is 0 Å². The Morgan fingerprint density at radius 3 is 3.00 bits per heavy atom. The summed E-state index contributed by atoms with van der Waals surface area (Å²) in [5.74, 6) is 3.15. The van der Waals surface area contributed by atoms with Gasteiger partial charge >= 0.3 is 0 Å². The highest BCUT2D eigenvalue weighted by Gasteiger charge is 2.04. The van der Waals surface area contributed by atoms with Gasteiger partial charge in [-0.05, 0) is 25.6 Å². The first-order chi connectivity index (χ1) is 6.77. The number of nitrogens with two attached hydrogens (primary N) is 1. The van der Waals surface area contributed by atoms with Gasteiger partial charge in [-0.2, -0.15) is 0 Å². The number of hydrogen-bond donors (Lipinski definition) is 1. The minimum absolute atomic E-state index is 0.266. The van der Waals surface area contributed by atoms with E-state index < -0.39 is 0 Å². The van der Waals surface area contributed by atoms with Crippen LogP contribution < -0.4 is 10.5 Å². The molecule has 0 saturated carbocycles. The topological polar surface area (TPSA) is 48.1 Å². The Labute approximate surface area is 84.3 Å². The summed E-state index contributed by atoms with van der Waals surface area (Å²) in [6.45, 7) is 2.76. The monoisotopic (exact) mass is 190 g/mol. The summed E-state index contributed by atoms with van der Waals surface area (Å²) < 4.78 is 5.34. The van der Waals surface area contributed by atoms with E-state index in [9.17, 15) is 0 Å². The van der Waals surface area contributed by atoms with E-state index in [-0.39, 0.29) is 6.61 Å². The molecule has 3 heteroatoms. The van der Waals surface area contributed by atoms with Gasteiger partial charge in [0.1, 0.15) is 12.4 Å². The van der Waals surface area contributed by atoms with Crippen LogP contribution in [-0.4, -0.2) is 18.1 Å². The van der Waals surface area contributed by atoms with Gasteiger partial charge in [-0.25, -0.2) is 0 Å². The van der Waals surface area contributed by atoms with E-state index in [1.807, 2.05) is 19.1 Å². The van der Waals surface area contributed by atoms with Crippen LogP contribution in [0, 0.1) is 19.3 Å². The number of terminal acetylenes is 1. The third-order valence-electron chi connectivity index (χ3n) is 1.76. The highest BCUT2D eigenvalue weighted by atomic mass is 16.5. The number of pyridine rings is 1. The summed E-state index contributed by atoms with van der Waals surface area (Å²) in [4.78, 5) is 4.34. The molecule has 0 aliphatic heterocycles. The molecule has 0 aromatic carbocycles. The molecule has 0 amide bonds. The molecule has 2 N–H and O–H groups in total. The standard InChI is InChI=1S/C11H14N2O/c1-3-8-14-11-5-4-9(2)13-10(11)6-7-12/h1,4-5H,6-8,12H2,2H3. The molecule has 14 heavy (non-hydrogen) atoms. The first kappa shape index (κ1) is 10.6. The van der Waals surface area contributed by atoms with E-state index in [0.29, 0.717) is 13.0 Å². The fourth-order valence-electron chi connectivity index (χ4n) is 1.16. The van der Waals surface area contributed by atoms with E-state index in [0.717, 1.165) is 17.1 Å². The zero-order valence-electron chi connectivity index (χ0n) is 8.29. The predicted octanol–water partition coefficient (Wildman–Crippen LogP) is 0.903. The molecule has 0 spiro atoms. The van der Waals surface area contributed by atoms with Crippen LogP contribution in [0.1, 0.15) is 11.4 Å². The van der Waals surface area contributed by atoms with Gasteiger partial charge in [0.15, 0.2) is 0 Å². The number of nitrogens with zero attached hydrogens (tertiary/aromatic N) is 1. The Morgan fingerprint density at radius 1 is 1.57 bits per heavy atom. The van der Waals surface area contributed by atoms with Crippen molar-refractivity contribution in [1.29, 1.82) is 0 Å². The van der Waals surface area contributed by atoms with Gasteiger partial charge in [0.2, 0.25) is 0 Å². The lowest BCUT2D eigenvalue weighted by molar-refractivity contribution is 0.363. The SMILES string of the molecule is C#CCOc1ccc(C)nc1CCN. The maximum Gasteiger partial charge on any atom is 0.148 e. The van der Waals surface area contributed by atoms with Gasteiger partial charge in [-0.3, -0.25) is 4.98 Å². The Hall–Kier alpha value is -1.53. The molecule has 0 aliphatic carbocycles. The second-order valence-corrected chi connectivity index (χ2v) is 2.93. The molecular weight excluding hydrogens is 176 g/mol. The lowest BCUT2D eigenvalue weighted by Crippen LogP contribution is -2.08. The Bertz CT molecular complexity index is 342. The zero-order chi connectivity index (χ0) is 10.4. The average Bonchev–Trinajstić information content (AvgIpc) is 2.17. The predicted molar refractivity (Wildman–Crippen MR) is 56.1 cm³/mol. The molecule has 0 aliphatic rings. The van der Waals surface area contributed by atoms with Crippen molar-refractivity contribution in [3.63, 3.8) is 0 Å². The summed E-state index contributed by atoms with van der Waals surface area (Å²) in [6, 6.07) is 3.77. The van der Waals surface area contributed by atoms with E-state index in [1.165, 1.54) is 0 Å². The van der Waals surface area contributed by atoms with Crippen molar-refractivity contribution < 1.29 is 4.74 Å².